The molecule has 1 atom stereocenters. The number of nitrogens with zero attached hydrogens (tertiary/aromatic N) is 4. The van der Waals surface area contributed by atoms with Gasteiger partial charge >= 0.3 is 0 Å². The van der Waals surface area contributed by atoms with E-state index < -0.39 is 11.3 Å². The van der Waals surface area contributed by atoms with Crippen LogP contribution in [0, 0.1) is 17.3 Å². The summed E-state index contributed by atoms with van der Waals surface area (Å²) in [5.41, 5.74) is 0.909. The maximum atomic E-state index is 14.9. The molecule has 2 aromatic heterocycles. The SMILES string of the molecule is COc1cc(-c2cccc(N(CC34CCC(c5nc(C6CC6)no5)(CC3)OC4)C(=O)[C@H]3CC4(F)CC3C4)c2)ccn1. The number of hydrogen-bond acceptors (Lipinski definition) is 7. The van der Waals surface area contributed by atoms with Gasteiger partial charge in [-0.05, 0) is 93.0 Å². The van der Waals surface area contributed by atoms with Crippen LogP contribution in [0.15, 0.2) is 47.1 Å². The third-order valence-electron chi connectivity index (χ3n) is 10.5. The maximum Gasteiger partial charge on any atom is 0.258 e. The molecule has 41 heavy (non-hydrogen) atoms. The Morgan fingerprint density at radius 3 is 2.59 bits per heavy atom. The molecule has 9 heteroatoms. The van der Waals surface area contributed by atoms with E-state index in [0.717, 1.165) is 61.2 Å². The van der Waals surface area contributed by atoms with Crippen LogP contribution in [0.25, 0.3) is 11.1 Å². The molecule has 0 spiro atoms. The van der Waals surface area contributed by atoms with E-state index in [4.69, 9.17) is 19.0 Å². The fraction of sp³-hybridized carbons (Fsp3) is 0.562. The van der Waals surface area contributed by atoms with Gasteiger partial charge in [-0.15, -0.1) is 0 Å². The van der Waals surface area contributed by atoms with Gasteiger partial charge in [0.1, 0.15) is 11.3 Å². The number of aromatic nitrogens is 3. The highest BCUT2D eigenvalue weighted by atomic mass is 19.1. The number of carbonyl (C=O) groups excluding carboxylic acids is 1. The average molecular weight is 559 g/mol. The molecule has 3 aromatic rings. The Labute approximate surface area is 238 Å². The van der Waals surface area contributed by atoms with Crippen molar-refractivity contribution in [2.45, 2.75) is 75.0 Å². The molecule has 2 saturated heterocycles. The lowest BCUT2D eigenvalue weighted by Crippen LogP contribution is -2.55. The van der Waals surface area contributed by atoms with Crippen LogP contribution in [0.4, 0.5) is 10.1 Å². The lowest BCUT2D eigenvalue weighted by atomic mass is 9.65. The summed E-state index contributed by atoms with van der Waals surface area (Å²) in [7, 11) is 1.60. The van der Waals surface area contributed by atoms with Crippen molar-refractivity contribution in [3.8, 4) is 17.0 Å². The molecule has 4 heterocycles. The molecule has 1 aromatic carbocycles. The molecular weight excluding hydrogens is 523 g/mol. The second kappa shape index (κ2) is 9.08. The van der Waals surface area contributed by atoms with Crippen molar-refractivity contribution < 1.29 is 23.2 Å². The lowest BCUT2D eigenvalue weighted by molar-refractivity contribution is -0.198. The second-order valence-corrected chi connectivity index (χ2v) is 13.2. The fourth-order valence-electron chi connectivity index (χ4n) is 7.74. The van der Waals surface area contributed by atoms with Crippen molar-refractivity contribution in [3.63, 3.8) is 0 Å². The van der Waals surface area contributed by atoms with Crippen molar-refractivity contribution in [2.75, 3.05) is 25.2 Å². The van der Waals surface area contributed by atoms with Crippen molar-refractivity contribution >= 4 is 11.6 Å². The second-order valence-electron chi connectivity index (χ2n) is 13.2. The highest BCUT2D eigenvalue weighted by Gasteiger charge is 2.60. The van der Waals surface area contributed by atoms with Gasteiger partial charge in [-0.25, -0.2) is 9.37 Å². The van der Waals surface area contributed by atoms with E-state index in [9.17, 15) is 9.18 Å². The molecule has 5 saturated carbocycles. The van der Waals surface area contributed by atoms with Gasteiger partial charge in [0.05, 0.1) is 13.7 Å². The molecular formula is C32H35FN4O4. The fourth-order valence-corrected chi connectivity index (χ4v) is 7.74. The number of pyridine rings is 1. The molecule has 4 bridgehead atoms. The Kier molecular flexibility index (Phi) is 5.62. The van der Waals surface area contributed by atoms with E-state index in [-0.39, 0.29) is 23.2 Å². The maximum absolute atomic E-state index is 14.9. The van der Waals surface area contributed by atoms with Crippen LogP contribution in [0.2, 0.25) is 0 Å². The van der Waals surface area contributed by atoms with Gasteiger partial charge in [-0.3, -0.25) is 4.79 Å². The highest BCUT2D eigenvalue weighted by Crippen LogP contribution is 2.59. The smallest absolute Gasteiger partial charge is 0.258 e. The Hall–Kier alpha value is -3.33. The molecule has 10 rings (SSSR count). The van der Waals surface area contributed by atoms with Crippen LogP contribution < -0.4 is 9.64 Å². The lowest BCUT2D eigenvalue weighted by Gasteiger charge is -2.52. The molecule has 0 N–H and O–H groups in total. The topological polar surface area (TPSA) is 90.6 Å². The van der Waals surface area contributed by atoms with Crippen molar-refractivity contribution in [1.82, 2.24) is 15.1 Å². The summed E-state index contributed by atoms with van der Waals surface area (Å²) in [6.07, 6.45) is 8.72. The Morgan fingerprint density at radius 1 is 1.10 bits per heavy atom. The Bertz CT molecular complexity index is 1470. The van der Waals surface area contributed by atoms with Gasteiger partial charge < -0.3 is 18.9 Å². The van der Waals surface area contributed by atoms with E-state index in [1.807, 2.05) is 35.2 Å². The van der Waals surface area contributed by atoms with E-state index in [0.29, 0.717) is 50.1 Å². The summed E-state index contributed by atoms with van der Waals surface area (Å²) in [5, 5.41) is 4.24. The minimum atomic E-state index is -1.16. The molecule has 0 radical (unpaired) electrons. The first-order valence-corrected chi connectivity index (χ1v) is 15.0. The van der Waals surface area contributed by atoms with Gasteiger partial charge in [-0.2, -0.15) is 4.98 Å². The molecule has 0 unspecified atom stereocenters. The molecule has 2 aliphatic heterocycles. The predicted molar refractivity (Wildman–Crippen MR) is 148 cm³/mol. The van der Waals surface area contributed by atoms with Crippen LogP contribution in [0.5, 0.6) is 5.88 Å². The zero-order valence-electron chi connectivity index (χ0n) is 23.4. The number of amides is 1. The van der Waals surface area contributed by atoms with Gasteiger partial charge in [0.15, 0.2) is 5.82 Å². The summed E-state index contributed by atoms with van der Waals surface area (Å²) >= 11 is 0. The van der Waals surface area contributed by atoms with Crippen molar-refractivity contribution in [3.05, 3.63) is 54.3 Å². The van der Waals surface area contributed by atoms with Crippen LogP contribution in [-0.4, -0.2) is 47.0 Å². The van der Waals surface area contributed by atoms with Gasteiger partial charge in [0.25, 0.3) is 5.89 Å². The summed E-state index contributed by atoms with van der Waals surface area (Å²) in [6, 6.07) is 11.9. The van der Waals surface area contributed by atoms with Gasteiger partial charge in [0, 0.05) is 41.7 Å². The number of carbonyl (C=O) groups is 1. The minimum Gasteiger partial charge on any atom is -0.481 e. The van der Waals surface area contributed by atoms with Crippen LogP contribution in [0.1, 0.15) is 75.4 Å². The largest absolute Gasteiger partial charge is 0.481 e. The van der Waals surface area contributed by atoms with E-state index in [1.54, 1.807) is 13.3 Å². The molecule has 214 valence electrons. The first kappa shape index (κ1) is 25.4. The minimum absolute atomic E-state index is 0.0410. The zero-order chi connectivity index (χ0) is 27.8. The molecule has 1 amide bonds. The van der Waals surface area contributed by atoms with E-state index in [2.05, 4.69) is 16.2 Å². The summed E-state index contributed by atoms with van der Waals surface area (Å²) in [5.74, 6) is 2.30. The van der Waals surface area contributed by atoms with Crippen LogP contribution in [-0.2, 0) is 15.1 Å². The van der Waals surface area contributed by atoms with Gasteiger partial charge in [0.2, 0.25) is 11.8 Å². The number of anilines is 1. The van der Waals surface area contributed by atoms with Crippen LogP contribution in [0.3, 0.4) is 0 Å². The molecule has 5 aliphatic carbocycles. The zero-order valence-corrected chi connectivity index (χ0v) is 23.4. The van der Waals surface area contributed by atoms with E-state index >= 15 is 0 Å². The Balaban J connectivity index is 1.08. The molecule has 8 nitrogen and oxygen atoms in total. The number of rotatable bonds is 8. The summed E-state index contributed by atoms with van der Waals surface area (Å²) < 4.78 is 32.6. The van der Waals surface area contributed by atoms with Crippen molar-refractivity contribution in [1.29, 1.82) is 0 Å². The van der Waals surface area contributed by atoms with E-state index in [1.165, 1.54) is 0 Å². The Morgan fingerprint density at radius 2 is 1.90 bits per heavy atom. The average Bonchev–Trinajstić information content (AvgIpc) is 3.48. The quantitative estimate of drug-likeness (QED) is 0.336. The normalized spacial score (nSPS) is 33.4. The summed E-state index contributed by atoms with van der Waals surface area (Å²) in [6.45, 7) is 1.07. The predicted octanol–water partition coefficient (Wildman–Crippen LogP) is 5.97. The first-order valence-electron chi connectivity index (χ1n) is 15.0. The molecule has 7 fully saturated rings. The summed E-state index contributed by atoms with van der Waals surface area (Å²) in [4.78, 5) is 25.1. The first-order chi connectivity index (χ1) is 19.9. The number of halogens is 1. The third kappa shape index (κ3) is 4.26. The molecule has 7 aliphatic rings. The van der Waals surface area contributed by atoms with Crippen molar-refractivity contribution in [2.24, 2.45) is 17.3 Å². The highest BCUT2D eigenvalue weighted by molar-refractivity contribution is 5.96. The number of alkyl halides is 1. The number of fused-ring (bicyclic) bond motifs is 4. The third-order valence-corrected chi connectivity index (χ3v) is 10.5. The number of methoxy groups -OCH3 is 1. The monoisotopic (exact) mass is 558 g/mol. The number of benzene rings is 1. The van der Waals surface area contributed by atoms with Crippen LogP contribution >= 0.6 is 0 Å². The standard InChI is InChI=1S/C32H35FN4O4/c1-39-26-14-22(7-12-34-26)21-3-2-4-24(13-21)37(28(38)25-17-31(33)15-23(25)16-31)18-30-8-10-32(11-9-30,40-19-30)29-35-27(36-41-29)20-5-6-20/h2-4,7,12-14,20,23,25H,5-6,8-11,15-19H2,1H3/t23?,25-,30?,31?,32?/m0/s1. The van der Waals surface area contributed by atoms with Gasteiger partial charge in [-0.1, -0.05) is 17.3 Å². The number of ether oxygens (including phenoxy) is 2. The number of hydrogen-bond donors (Lipinski definition) is 0.